The van der Waals surface area contributed by atoms with E-state index in [0.29, 0.717) is 12.2 Å². The molecule has 0 fully saturated rings. The molecule has 2 aromatic rings. The van der Waals surface area contributed by atoms with Crippen LogP contribution in [0.1, 0.15) is 26.5 Å². The molecular formula is C14H20N6O. The van der Waals surface area contributed by atoms with E-state index in [-0.39, 0.29) is 5.54 Å². The summed E-state index contributed by atoms with van der Waals surface area (Å²) in [5, 5.41) is 14.0. The minimum Gasteiger partial charge on any atom is -0.379 e. The normalized spacial score (nSPS) is 11.2. The summed E-state index contributed by atoms with van der Waals surface area (Å²) in [4.78, 5) is 10.8. The number of carbonyl (C=O) groups is 1. The Balaban J connectivity index is 2.00. The quantitative estimate of drug-likeness (QED) is 0.802. The van der Waals surface area contributed by atoms with Gasteiger partial charge in [-0.3, -0.25) is 0 Å². The van der Waals surface area contributed by atoms with Gasteiger partial charge in [-0.15, -0.1) is 5.10 Å². The summed E-state index contributed by atoms with van der Waals surface area (Å²) < 4.78 is 1.83. The second kappa shape index (κ2) is 5.82. The van der Waals surface area contributed by atoms with Gasteiger partial charge in [0.1, 0.15) is 5.69 Å². The molecule has 1 aromatic carbocycles. The summed E-state index contributed by atoms with van der Waals surface area (Å²) in [5.41, 5.74) is 7.36. The molecule has 2 rings (SSSR count). The zero-order valence-electron chi connectivity index (χ0n) is 12.4. The first-order valence-corrected chi connectivity index (χ1v) is 6.67. The van der Waals surface area contributed by atoms with Crippen LogP contribution in [0.15, 0.2) is 30.5 Å². The van der Waals surface area contributed by atoms with E-state index in [4.69, 9.17) is 5.73 Å². The van der Waals surface area contributed by atoms with Crippen LogP contribution in [-0.2, 0) is 12.1 Å². The topological polar surface area (TPSA) is 97.9 Å². The van der Waals surface area contributed by atoms with E-state index in [0.717, 1.165) is 11.4 Å². The lowest BCUT2D eigenvalue weighted by atomic mass is 10.1. The molecule has 2 amide bonds. The Hall–Kier alpha value is -2.57. The zero-order chi connectivity index (χ0) is 15.5. The first-order chi connectivity index (χ1) is 9.84. The maximum atomic E-state index is 10.8. The smallest absolute Gasteiger partial charge is 0.316 e. The first kappa shape index (κ1) is 14.8. The van der Waals surface area contributed by atoms with E-state index < -0.39 is 6.03 Å². The molecule has 1 aromatic heterocycles. The summed E-state index contributed by atoms with van der Waals surface area (Å²) >= 11 is 0. The van der Waals surface area contributed by atoms with Crippen LogP contribution in [-0.4, -0.2) is 21.0 Å². The Morgan fingerprint density at radius 3 is 2.67 bits per heavy atom. The van der Waals surface area contributed by atoms with Crippen molar-refractivity contribution >= 4 is 17.4 Å². The van der Waals surface area contributed by atoms with Gasteiger partial charge < -0.3 is 16.4 Å². The van der Waals surface area contributed by atoms with E-state index in [1.165, 1.54) is 0 Å². The number of urea groups is 1. The number of benzene rings is 1. The van der Waals surface area contributed by atoms with Crippen LogP contribution in [0.4, 0.5) is 16.2 Å². The number of carbonyl (C=O) groups excluding carboxylic acids is 1. The Morgan fingerprint density at radius 1 is 1.33 bits per heavy atom. The van der Waals surface area contributed by atoms with E-state index in [9.17, 15) is 4.79 Å². The monoisotopic (exact) mass is 288 g/mol. The highest BCUT2D eigenvalue weighted by Gasteiger charge is 2.14. The molecule has 0 saturated carbocycles. The number of nitrogens with one attached hydrogen (secondary N) is 2. The number of amides is 2. The van der Waals surface area contributed by atoms with Crippen LogP contribution >= 0.6 is 0 Å². The largest absolute Gasteiger partial charge is 0.379 e. The molecule has 0 spiro atoms. The lowest BCUT2D eigenvalue weighted by Crippen LogP contribution is -2.22. The Kier molecular flexibility index (Phi) is 4.11. The van der Waals surface area contributed by atoms with Crippen LogP contribution in [0.3, 0.4) is 0 Å². The third-order valence-electron chi connectivity index (χ3n) is 2.83. The summed E-state index contributed by atoms with van der Waals surface area (Å²) in [6.07, 6.45) is 1.92. The van der Waals surface area contributed by atoms with Crippen LogP contribution in [0.2, 0.25) is 0 Å². The number of rotatable bonds is 4. The van der Waals surface area contributed by atoms with Crippen molar-refractivity contribution in [3.63, 3.8) is 0 Å². The van der Waals surface area contributed by atoms with Gasteiger partial charge in [0.05, 0.1) is 18.3 Å². The summed E-state index contributed by atoms with van der Waals surface area (Å²) in [5.74, 6) is 0. The highest BCUT2D eigenvalue weighted by Crippen LogP contribution is 2.16. The van der Waals surface area contributed by atoms with Gasteiger partial charge in [0.15, 0.2) is 0 Å². The SMILES string of the molecule is CC(C)(C)n1cc(CNc2cccc(NC(N)=O)c2)nn1. The lowest BCUT2D eigenvalue weighted by molar-refractivity contribution is 0.259. The molecule has 0 saturated heterocycles. The third kappa shape index (κ3) is 4.20. The van der Waals surface area contributed by atoms with Crippen molar-refractivity contribution in [1.29, 1.82) is 0 Å². The lowest BCUT2D eigenvalue weighted by Gasteiger charge is -2.17. The van der Waals surface area contributed by atoms with Crippen LogP contribution in [0.5, 0.6) is 0 Å². The molecule has 1 heterocycles. The molecule has 0 bridgehead atoms. The summed E-state index contributed by atoms with van der Waals surface area (Å²) in [7, 11) is 0. The fraction of sp³-hybridized carbons (Fsp3) is 0.357. The molecule has 21 heavy (non-hydrogen) atoms. The number of primary amides is 1. The molecular weight excluding hydrogens is 268 g/mol. The highest BCUT2D eigenvalue weighted by atomic mass is 16.2. The minimum atomic E-state index is -0.583. The number of nitrogens with two attached hydrogens (primary N) is 1. The number of nitrogens with zero attached hydrogens (tertiary/aromatic N) is 3. The Labute approximate surface area is 123 Å². The fourth-order valence-corrected chi connectivity index (χ4v) is 1.75. The van der Waals surface area contributed by atoms with Crippen LogP contribution in [0, 0.1) is 0 Å². The second-order valence-electron chi connectivity index (χ2n) is 5.75. The molecule has 7 heteroatoms. The number of hydrogen-bond acceptors (Lipinski definition) is 4. The number of aromatic nitrogens is 3. The standard InChI is InChI=1S/C14H20N6O/c1-14(2,3)20-9-12(18-19-20)8-16-10-5-4-6-11(7-10)17-13(15)21/h4-7,9,16H,8H2,1-3H3,(H3,15,17,21). The third-order valence-corrected chi connectivity index (χ3v) is 2.83. The number of hydrogen-bond donors (Lipinski definition) is 3. The molecule has 0 atom stereocenters. The van der Waals surface area contributed by atoms with Gasteiger partial charge in [0.2, 0.25) is 0 Å². The summed E-state index contributed by atoms with van der Waals surface area (Å²) in [6, 6.07) is 6.73. The average molecular weight is 288 g/mol. The van der Waals surface area contributed by atoms with Crippen molar-refractivity contribution in [3.05, 3.63) is 36.2 Å². The van der Waals surface area contributed by atoms with Gasteiger partial charge >= 0.3 is 6.03 Å². The number of anilines is 2. The Bertz CT molecular complexity index is 628. The van der Waals surface area contributed by atoms with Gasteiger partial charge in [-0.25, -0.2) is 9.48 Å². The maximum Gasteiger partial charge on any atom is 0.316 e. The highest BCUT2D eigenvalue weighted by molar-refractivity contribution is 5.88. The van der Waals surface area contributed by atoms with Gasteiger partial charge in [0.25, 0.3) is 0 Å². The molecule has 0 radical (unpaired) electrons. The molecule has 112 valence electrons. The van der Waals surface area contributed by atoms with Crippen molar-refractivity contribution in [1.82, 2.24) is 15.0 Å². The van der Waals surface area contributed by atoms with Gasteiger partial charge in [-0.05, 0) is 39.0 Å². The predicted molar refractivity (Wildman–Crippen MR) is 82.0 cm³/mol. The van der Waals surface area contributed by atoms with E-state index in [1.807, 2.05) is 23.0 Å². The van der Waals surface area contributed by atoms with E-state index >= 15 is 0 Å². The van der Waals surface area contributed by atoms with Gasteiger partial charge in [-0.2, -0.15) is 0 Å². The molecule has 0 aliphatic carbocycles. The van der Waals surface area contributed by atoms with Crippen LogP contribution < -0.4 is 16.4 Å². The first-order valence-electron chi connectivity index (χ1n) is 6.67. The minimum absolute atomic E-state index is 0.0867. The molecule has 0 aliphatic heterocycles. The zero-order valence-corrected chi connectivity index (χ0v) is 12.4. The van der Waals surface area contributed by atoms with Crippen molar-refractivity contribution < 1.29 is 4.79 Å². The maximum absolute atomic E-state index is 10.8. The second-order valence-corrected chi connectivity index (χ2v) is 5.75. The summed E-state index contributed by atoms with van der Waals surface area (Å²) in [6.45, 7) is 6.75. The van der Waals surface area contributed by atoms with E-state index in [1.54, 1.807) is 12.1 Å². The van der Waals surface area contributed by atoms with Gasteiger partial charge in [0, 0.05) is 11.4 Å². The van der Waals surface area contributed by atoms with Crippen molar-refractivity contribution in [2.45, 2.75) is 32.9 Å². The van der Waals surface area contributed by atoms with Gasteiger partial charge in [-0.1, -0.05) is 11.3 Å². The predicted octanol–water partition coefficient (Wildman–Crippen LogP) is 2.14. The Morgan fingerprint density at radius 2 is 2.05 bits per heavy atom. The van der Waals surface area contributed by atoms with Crippen LogP contribution in [0.25, 0.3) is 0 Å². The molecule has 0 aliphatic rings. The van der Waals surface area contributed by atoms with Crippen molar-refractivity contribution in [2.24, 2.45) is 5.73 Å². The fourth-order valence-electron chi connectivity index (χ4n) is 1.75. The molecule has 0 unspecified atom stereocenters. The molecule has 4 N–H and O–H groups in total. The van der Waals surface area contributed by atoms with E-state index in [2.05, 4.69) is 41.7 Å². The van der Waals surface area contributed by atoms with Crippen molar-refractivity contribution in [3.8, 4) is 0 Å². The average Bonchev–Trinajstić information content (AvgIpc) is 2.84. The van der Waals surface area contributed by atoms with Crippen molar-refractivity contribution in [2.75, 3.05) is 10.6 Å². The molecule has 7 nitrogen and oxygen atoms in total.